The van der Waals surface area contributed by atoms with E-state index in [1.807, 2.05) is 0 Å². The fourth-order valence-electron chi connectivity index (χ4n) is 2.90. The van der Waals surface area contributed by atoms with Gasteiger partial charge in [-0.25, -0.2) is 8.42 Å². The van der Waals surface area contributed by atoms with Crippen LogP contribution in [0.3, 0.4) is 0 Å². The number of amides is 3. The van der Waals surface area contributed by atoms with Gasteiger partial charge in [-0.2, -0.15) is 15.6 Å². The number of nitrogens with one attached hydrogen (secondary N) is 3. The fourth-order valence-corrected chi connectivity index (χ4v) is 5.06. The Morgan fingerprint density at radius 3 is 2.27 bits per heavy atom. The molecule has 11 heteroatoms. The first-order chi connectivity index (χ1) is 14.4. The number of rotatable bonds is 7. The molecular weight excluding hydrogens is 428 g/mol. The number of nitrogens with zero attached hydrogens (tertiary/aromatic N) is 1. The molecule has 0 aliphatic carbocycles. The van der Waals surface area contributed by atoms with Crippen LogP contribution in [0.5, 0.6) is 0 Å². The summed E-state index contributed by atoms with van der Waals surface area (Å²) in [5.41, 5.74) is 5.27. The summed E-state index contributed by atoms with van der Waals surface area (Å²) < 4.78 is 26.4. The second-order valence-electron chi connectivity index (χ2n) is 6.66. The summed E-state index contributed by atoms with van der Waals surface area (Å²) in [6.07, 6.45) is 1.68. The lowest BCUT2D eigenvalue weighted by Gasteiger charge is -2.15. The van der Waals surface area contributed by atoms with Gasteiger partial charge in [-0.05, 0) is 48.6 Å². The molecular formula is C19H22N4O5S2. The summed E-state index contributed by atoms with van der Waals surface area (Å²) in [7, 11) is -3.54. The maximum atomic E-state index is 12.5. The molecule has 1 aromatic heterocycles. The van der Waals surface area contributed by atoms with E-state index in [1.54, 1.807) is 16.8 Å². The lowest BCUT2D eigenvalue weighted by atomic mass is 10.2. The van der Waals surface area contributed by atoms with E-state index in [1.165, 1.54) is 39.9 Å². The molecule has 30 heavy (non-hydrogen) atoms. The number of sulfonamides is 1. The first-order valence-electron chi connectivity index (χ1n) is 9.38. The van der Waals surface area contributed by atoms with Crippen LogP contribution in [0.25, 0.3) is 0 Å². The lowest BCUT2D eigenvalue weighted by molar-refractivity contribution is -0.121. The second-order valence-corrected chi connectivity index (χ2v) is 9.37. The third kappa shape index (κ3) is 5.43. The summed E-state index contributed by atoms with van der Waals surface area (Å²) >= 11 is 1.40. The van der Waals surface area contributed by atoms with Crippen LogP contribution >= 0.6 is 11.3 Å². The first-order valence-corrected chi connectivity index (χ1v) is 11.8. The molecule has 3 amide bonds. The van der Waals surface area contributed by atoms with Crippen LogP contribution in [0.15, 0.2) is 46.0 Å². The van der Waals surface area contributed by atoms with Crippen LogP contribution in [-0.2, 0) is 14.8 Å². The zero-order chi connectivity index (χ0) is 21.6. The highest BCUT2D eigenvalue weighted by Crippen LogP contribution is 2.21. The Bertz CT molecular complexity index is 998. The van der Waals surface area contributed by atoms with Crippen molar-refractivity contribution in [2.75, 3.05) is 19.6 Å². The van der Waals surface area contributed by atoms with Crippen molar-refractivity contribution in [2.45, 2.75) is 24.2 Å². The molecule has 160 valence electrons. The van der Waals surface area contributed by atoms with E-state index < -0.39 is 21.8 Å². The average molecular weight is 451 g/mol. The van der Waals surface area contributed by atoms with Crippen molar-refractivity contribution in [3.8, 4) is 0 Å². The summed E-state index contributed by atoms with van der Waals surface area (Å²) in [4.78, 5) is 35.9. The largest absolute Gasteiger partial charge is 0.351 e. The fraction of sp³-hybridized carbons (Fsp3) is 0.316. The Labute approximate surface area is 178 Å². The van der Waals surface area contributed by atoms with Crippen molar-refractivity contribution in [1.82, 2.24) is 20.5 Å². The van der Waals surface area contributed by atoms with Crippen LogP contribution in [0.2, 0.25) is 0 Å². The number of carbonyl (C=O) groups is 3. The van der Waals surface area contributed by atoms with Gasteiger partial charge in [-0.1, -0.05) is 0 Å². The van der Waals surface area contributed by atoms with Crippen LogP contribution < -0.4 is 16.2 Å². The van der Waals surface area contributed by atoms with Gasteiger partial charge in [0, 0.05) is 42.6 Å². The molecule has 1 aliphatic heterocycles. The number of benzene rings is 1. The van der Waals surface area contributed by atoms with E-state index in [0.29, 0.717) is 18.7 Å². The molecule has 1 aromatic carbocycles. The molecule has 2 heterocycles. The van der Waals surface area contributed by atoms with Gasteiger partial charge in [0.1, 0.15) is 0 Å². The second kappa shape index (κ2) is 9.83. The molecule has 0 saturated carbocycles. The van der Waals surface area contributed by atoms with Crippen LogP contribution in [0.1, 0.15) is 40.0 Å². The molecule has 3 N–H and O–H groups in total. The van der Waals surface area contributed by atoms with E-state index >= 15 is 0 Å². The van der Waals surface area contributed by atoms with Crippen LogP contribution in [-0.4, -0.2) is 50.1 Å². The minimum Gasteiger partial charge on any atom is -0.351 e. The minimum atomic E-state index is -3.54. The van der Waals surface area contributed by atoms with Gasteiger partial charge < -0.3 is 5.32 Å². The van der Waals surface area contributed by atoms with E-state index in [4.69, 9.17) is 0 Å². The summed E-state index contributed by atoms with van der Waals surface area (Å²) in [5.74, 6) is -1.31. The van der Waals surface area contributed by atoms with Crippen molar-refractivity contribution in [1.29, 1.82) is 0 Å². The topological polar surface area (TPSA) is 125 Å². The zero-order valence-corrected chi connectivity index (χ0v) is 17.7. The third-order valence-electron chi connectivity index (χ3n) is 4.56. The SMILES string of the molecule is O=C(CCNC(=O)c1ccsc1)NNC(=O)c1ccc(S(=O)(=O)N2CCCC2)cc1. The van der Waals surface area contributed by atoms with Gasteiger partial charge in [0.15, 0.2) is 0 Å². The Kier molecular flexibility index (Phi) is 7.19. The van der Waals surface area contributed by atoms with E-state index in [-0.39, 0.29) is 29.3 Å². The van der Waals surface area contributed by atoms with Crippen LogP contribution in [0.4, 0.5) is 0 Å². The molecule has 0 radical (unpaired) electrons. The van der Waals surface area contributed by atoms with Gasteiger partial charge in [0.25, 0.3) is 11.8 Å². The number of carbonyl (C=O) groups excluding carboxylic acids is 3. The molecule has 1 aliphatic rings. The molecule has 0 bridgehead atoms. The highest BCUT2D eigenvalue weighted by molar-refractivity contribution is 7.89. The molecule has 0 atom stereocenters. The Balaban J connectivity index is 1.44. The highest BCUT2D eigenvalue weighted by atomic mass is 32.2. The predicted molar refractivity (Wildman–Crippen MR) is 111 cm³/mol. The van der Waals surface area contributed by atoms with E-state index in [2.05, 4.69) is 16.2 Å². The molecule has 1 saturated heterocycles. The van der Waals surface area contributed by atoms with Gasteiger partial charge >= 0.3 is 0 Å². The Hall–Kier alpha value is -2.76. The normalized spacial score (nSPS) is 14.3. The summed E-state index contributed by atoms with van der Waals surface area (Å²) in [6, 6.07) is 7.23. The third-order valence-corrected chi connectivity index (χ3v) is 7.15. The summed E-state index contributed by atoms with van der Waals surface area (Å²) in [6.45, 7) is 1.13. The van der Waals surface area contributed by atoms with Crippen LogP contribution in [0, 0.1) is 0 Å². The van der Waals surface area contributed by atoms with Crippen molar-refractivity contribution in [3.05, 3.63) is 52.2 Å². The zero-order valence-electron chi connectivity index (χ0n) is 16.1. The molecule has 0 spiro atoms. The molecule has 0 unspecified atom stereocenters. The standard InChI is InChI=1S/C19H22N4O5S2/c24-17(7-9-20-18(25)15-8-12-29-13-15)21-22-19(26)14-3-5-16(6-4-14)30(27,28)23-10-1-2-11-23/h3-6,8,12-13H,1-2,7,9-11H2,(H,20,25)(H,21,24)(H,22,26). The Morgan fingerprint density at radius 2 is 1.63 bits per heavy atom. The van der Waals surface area contributed by atoms with Gasteiger partial charge in [0.05, 0.1) is 4.90 Å². The quantitative estimate of drug-likeness (QED) is 0.545. The van der Waals surface area contributed by atoms with Crippen molar-refractivity contribution in [2.24, 2.45) is 0 Å². The van der Waals surface area contributed by atoms with Gasteiger partial charge in [0.2, 0.25) is 15.9 Å². The van der Waals surface area contributed by atoms with Crippen molar-refractivity contribution in [3.63, 3.8) is 0 Å². The van der Waals surface area contributed by atoms with Crippen molar-refractivity contribution >= 4 is 39.1 Å². The van der Waals surface area contributed by atoms with Crippen molar-refractivity contribution < 1.29 is 22.8 Å². The van der Waals surface area contributed by atoms with Gasteiger partial charge in [-0.3, -0.25) is 25.2 Å². The molecule has 1 fully saturated rings. The first kappa shape index (κ1) is 21.9. The monoisotopic (exact) mass is 450 g/mol. The maximum Gasteiger partial charge on any atom is 0.269 e. The van der Waals surface area contributed by atoms with E-state index in [0.717, 1.165) is 12.8 Å². The number of thiophene rings is 1. The summed E-state index contributed by atoms with van der Waals surface area (Å²) in [5, 5.41) is 6.10. The number of hydrazine groups is 1. The maximum absolute atomic E-state index is 12.5. The Morgan fingerprint density at radius 1 is 0.933 bits per heavy atom. The highest BCUT2D eigenvalue weighted by Gasteiger charge is 2.27. The molecule has 9 nitrogen and oxygen atoms in total. The number of hydrogen-bond donors (Lipinski definition) is 3. The van der Waals surface area contributed by atoms with Gasteiger partial charge in [-0.15, -0.1) is 0 Å². The lowest BCUT2D eigenvalue weighted by Crippen LogP contribution is -2.42. The molecule has 2 aromatic rings. The number of hydrogen-bond acceptors (Lipinski definition) is 6. The average Bonchev–Trinajstić information content (AvgIpc) is 3.46. The smallest absolute Gasteiger partial charge is 0.269 e. The minimum absolute atomic E-state index is 0.0107. The predicted octanol–water partition coefficient (Wildman–Crippen LogP) is 1.11. The molecule has 3 rings (SSSR count). The van der Waals surface area contributed by atoms with E-state index in [9.17, 15) is 22.8 Å².